The molecule has 0 aliphatic rings. The lowest BCUT2D eigenvalue weighted by Crippen LogP contribution is -2.18. The fraction of sp³-hybridized carbons (Fsp3) is 0.250. The summed E-state index contributed by atoms with van der Waals surface area (Å²) >= 11 is 1.09. The van der Waals surface area contributed by atoms with Crippen molar-refractivity contribution in [1.82, 2.24) is 9.97 Å². The normalized spacial score (nSPS) is 11.2. The third-order valence-electron chi connectivity index (χ3n) is 2.52. The number of ketones is 1. The molecule has 6 nitrogen and oxygen atoms in total. The van der Waals surface area contributed by atoms with E-state index in [4.69, 9.17) is 0 Å². The molecule has 0 saturated heterocycles. The van der Waals surface area contributed by atoms with Crippen molar-refractivity contribution < 1.29 is 13.2 Å². The van der Waals surface area contributed by atoms with E-state index in [1.165, 1.54) is 12.3 Å². The molecular formula is C12H13N3O3S2. The molecule has 20 heavy (non-hydrogen) atoms. The van der Waals surface area contributed by atoms with E-state index in [9.17, 15) is 13.2 Å². The average Bonchev–Trinajstić information content (AvgIpc) is 2.86. The van der Waals surface area contributed by atoms with Crippen LogP contribution in [-0.4, -0.2) is 29.9 Å². The van der Waals surface area contributed by atoms with Gasteiger partial charge in [0, 0.05) is 24.7 Å². The molecule has 0 saturated carbocycles. The van der Waals surface area contributed by atoms with Gasteiger partial charge in [-0.2, -0.15) is 0 Å². The van der Waals surface area contributed by atoms with Crippen molar-refractivity contribution in [3.8, 4) is 0 Å². The second kappa shape index (κ2) is 6.10. The van der Waals surface area contributed by atoms with Crippen LogP contribution in [0.5, 0.6) is 0 Å². The summed E-state index contributed by atoms with van der Waals surface area (Å²) in [6.07, 6.45) is 3.63. The number of hydrogen-bond acceptors (Lipinski definition) is 6. The second-order valence-corrected chi connectivity index (χ2v) is 6.82. The molecule has 0 aliphatic carbocycles. The predicted molar refractivity (Wildman–Crippen MR) is 77.5 cm³/mol. The Morgan fingerprint density at radius 2 is 2.05 bits per heavy atom. The minimum absolute atomic E-state index is 0.0496. The van der Waals surface area contributed by atoms with Gasteiger partial charge in [-0.15, -0.1) is 11.3 Å². The number of aromatic nitrogens is 2. The molecule has 0 spiro atoms. The lowest BCUT2D eigenvalue weighted by Gasteiger charge is -2.04. The highest BCUT2D eigenvalue weighted by Crippen LogP contribution is 2.17. The van der Waals surface area contributed by atoms with Crippen LogP contribution in [0, 0.1) is 0 Å². The monoisotopic (exact) mass is 311 g/mol. The molecule has 2 aromatic heterocycles. The van der Waals surface area contributed by atoms with Crippen LogP contribution in [0.2, 0.25) is 0 Å². The summed E-state index contributed by atoms with van der Waals surface area (Å²) in [5, 5.41) is 1.74. The molecular weight excluding hydrogens is 298 g/mol. The van der Waals surface area contributed by atoms with Crippen molar-refractivity contribution in [3.05, 3.63) is 41.2 Å². The highest BCUT2D eigenvalue weighted by atomic mass is 32.2. The lowest BCUT2D eigenvalue weighted by molar-refractivity contribution is 0.101. The number of hydrogen-bond donors (Lipinski definition) is 1. The Balaban J connectivity index is 1.98. The summed E-state index contributed by atoms with van der Waals surface area (Å²) in [4.78, 5) is 18.9. The zero-order valence-electron chi connectivity index (χ0n) is 10.7. The number of thiazole rings is 1. The van der Waals surface area contributed by atoms with E-state index in [0.29, 0.717) is 6.42 Å². The summed E-state index contributed by atoms with van der Waals surface area (Å²) < 4.78 is 26.2. The number of rotatable bonds is 6. The molecule has 106 valence electrons. The van der Waals surface area contributed by atoms with Gasteiger partial charge in [0.1, 0.15) is 5.69 Å². The first-order valence-electron chi connectivity index (χ1n) is 5.82. The van der Waals surface area contributed by atoms with Crippen LogP contribution in [0.15, 0.2) is 29.9 Å². The topological polar surface area (TPSA) is 89.0 Å². The van der Waals surface area contributed by atoms with Crippen LogP contribution in [0.4, 0.5) is 5.13 Å². The highest BCUT2D eigenvalue weighted by Gasteiger charge is 2.14. The van der Waals surface area contributed by atoms with Crippen molar-refractivity contribution in [2.75, 3.05) is 10.5 Å². The Labute approximate surface area is 121 Å². The number of carbonyl (C=O) groups excluding carboxylic acids is 1. The predicted octanol–water partition coefficient (Wildman–Crippen LogP) is 1.73. The molecule has 1 N–H and O–H groups in total. The second-order valence-electron chi connectivity index (χ2n) is 4.12. The molecule has 0 radical (unpaired) electrons. The van der Waals surface area contributed by atoms with Gasteiger partial charge in [0.15, 0.2) is 10.9 Å². The largest absolute Gasteiger partial charge is 0.293 e. The van der Waals surface area contributed by atoms with E-state index in [1.54, 1.807) is 24.5 Å². The minimum atomic E-state index is -3.48. The highest BCUT2D eigenvalue weighted by molar-refractivity contribution is 7.92. The first-order valence-corrected chi connectivity index (χ1v) is 8.35. The van der Waals surface area contributed by atoms with E-state index < -0.39 is 10.0 Å². The molecule has 0 aromatic carbocycles. The van der Waals surface area contributed by atoms with E-state index in [2.05, 4.69) is 14.7 Å². The zero-order chi connectivity index (χ0) is 14.6. The van der Waals surface area contributed by atoms with Gasteiger partial charge >= 0.3 is 0 Å². The fourth-order valence-corrected chi connectivity index (χ4v) is 3.55. The van der Waals surface area contributed by atoms with Crippen LogP contribution < -0.4 is 4.72 Å². The summed E-state index contributed by atoms with van der Waals surface area (Å²) in [6.45, 7) is 1.39. The van der Waals surface area contributed by atoms with Gasteiger partial charge < -0.3 is 0 Å². The Kier molecular flexibility index (Phi) is 4.46. The number of carbonyl (C=O) groups is 1. The van der Waals surface area contributed by atoms with E-state index in [0.717, 1.165) is 16.9 Å². The first kappa shape index (κ1) is 14.6. The number of nitrogens with zero attached hydrogens (tertiary/aromatic N) is 2. The molecule has 0 unspecified atom stereocenters. The van der Waals surface area contributed by atoms with E-state index in [1.807, 2.05) is 0 Å². The number of aryl methyl sites for hydroxylation is 1. The maximum absolute atomic E-state index is 11.9. The number of nitrogens with one attached hydrogen (secondary N) is 1. The number of anilines is 1. The van der Waals surface area contributed by atoms with Crippen molar-refractivity contribution >= 4 is 32.3 Å². The lowest BCUT2D eigenvalue weighted by atomic mass is 10.2. The standard InChI is InChI=1S/C12H13N3O3S2/c1-9(16)11-8-19-12(14-11)15-20(17,18)7-4-10-2-5-13-6-3-10/h2-3,5-6,8H,4,7H2,1H3,(H,14,15). The van der Waals surface area contributed by atoms with Gasteiger partial charge in [0.2, 0.25) is 10.0 Å². The zero-order valence-corrected chi connectivity index (χ0v) is 12.4. The number of pyridine rings is 1. The maximum Gasteiger partial charge on any atom is 0.234 e. The van der Waals surface area contributed by atoms with Crippen LogP contribution in [0.1, 0.15) is 23.0 Å². The average molecular weight is 311 g/mol. The van der Waals surface area contributed by atoms with Gasteiger partial charge in [-0.3, -0.25) is 14.5 Å². The fourth-order valence-electron chi connectivity index (χ4n) is 1.47. The van der Waals surface area contributed by atoms with Gasteiger partial charge in [-0.25, -0.2) is 13.4 Å². The van der Waals surface area contributed by atoms with Crippen molar-refractivity contribution in [2.45, 2.75) is 13.3 Å². The van der Waals surface area contributed by atoms with Gasteiger partial charge in [0.05, 0.1) is 5.75 Å². The molecule has 0 fully saturated rings. The molecule has 2 aromatic rings. The molecule has 0 bridgehead atoms. The van der Waals surface area contributed by atoms with Gasteiger partial charge in [0.25, 0.3) is 0 Å². The van der Waals surface area contributed by atoms with Crippen LogP contribution in [0.25, 0.3) is 0 Å². The third-order valence-corrected chi connectivity index (χ3v) is 4.65. The van der Waals surface area contributed by atoms with Crippen LogP contribution in [-0.2, 0) is 16.4 Å². The maximum atomic E-state index is 11.9. The third kappa shape index (κ3) is 4.10. The Morgan fingerprint density at radius 3 is 2.65 bits per heavy atom. The van der Waals surface area contributed by atoms with Crippen molar-refractivity contribution in [1.29, 1.82) is 0 Å². The molecule has 0 amide bonds. The minimum Gasteiger partial charge on any atom is -0.293 e. The summed E-state index contributed by atoms with van der Waals surface area (Å²) in [6, 6.07) is 3.54. The van der Waals surface area contributed by atoms with Crippen LogP contribution >= 0.6 is 11.3 Å². The van der Waals surface area contributed by atoms with Gasteiger partial charge in [-0.1, -0.05) is 0 Å². The first-order chi connectivity index (χ1) is 9.46. The molecule has 8 heteroatoms. The van der Waals surface area contributed by atoms with Crippen molar-refractivity contribution in [2.24, 2.45) is 0 Å². The molecule has 2 rings (SSSR count). The summed E-state index contributed by atoms with van der Waals surface area (Å²) in [5.41, 5.74) is 1.16. The Bertz CT molecular complexity index is 696. The molecule has 0 atom stereocenters. The smallest absolute Gasteiger partial charge is 0.234 e. The SMILES string of the molecule is CC(=O)c1csc(NS(=O)(=O)CCc2ccncc2)n1. The number of sulfonamides is 1. The summed E-state index contributed by atoms with van der Waals surface area (Å²) in [5.74, 6) is -0.241. The Morgan fingerprint density at radius 1 is 1.35 bits per heavy atom. The molecule has 2 heterocycles. The van der Waals surface area contributed by atoms with Crippen LogP contribution in [0.3, 0.4) is 0 Å². The molecule has 0 aliphatic heterocycles. The van der Waals surface area contributed by atoms with Gasteiger partial charge in [-0.05, 0) is 24.1 Å². The summed E-state index contributed by atoms with van der Waals surface area (Å²) in [7, 11) is -3.48. The van der Waals surface area contributed by atoms with E-state index in [-0.39, 0.29) is 22.4 Å². The Hall–Kier alpha value is -1.80. The van der Waals surface area contributed by atoms with Crippen molar-refractivity contribution in [3.63, 3.8) is 0 Å². The van der Waals surface area contributed by atoms with E-state index >= 15 is 0 Å². The quantitative estimate of drug-likeness (QED) is 0.821. The number of Topliss-reactive ketones (excluding diaryl/α,β-unsaturated/α-hetero) is 1.